The van der Waals surface area contributed by atoms with Crippen LogP contribution < -0.4 is 10.2 Å². The highest BCUT2D eigenvalue weighted by Crippen LogP contribution is 2.18. The first-order valence-corrected chi connectivity index (χ1v) is 7.51. The Morgan fingerprint density at radius 1 is 1.38 bits per heavy atom. The van der Waals surface area contributed by atoms with Crippen molar-refractivity contribution in [3.05, 3.63) is 23.8 Å². The number of nitrogens with zero attached hydrogens (tertiary/aromatic N) is 1. The second-order valence-corrected chi connectivity index (χ2v) is 5.39. The highest BCUT2D eigenvalue weighted by Gasteiger charge is 2.23. The first kappa shape index (κ1) is 16.3. The summed E-state index contributed by atoms with van der Waals surface area (Å²) in [5.74, 6) is 0.729. The fraction of sp³-hybridized carbons (Fsp3) is 0.600. The summed E-state index contributed by atoms with van der Waals surface area (Å²) in [6, 6.07) is 5.33. The van der Waals surface area contributed by atoms with Gasteiger partial charge in [0.15, 0.2) is 0 Å². The van der Waals surface area contributed by atoms with Crippen molar-refractivity contribution in [2.24, 2.45) is 0 Å². The van der Waals surface area contributed by atoms with E-state index in [1.165, 1.54) is 0 Å². The van der Waals surface area contributed by atoms with E-state index in [0.29, 0.717) is 12.0 Å². The smallest absolute Gasteiger partial charge is 0.488 e. The fourth-order valence-corrected chi connectivity index (χ4v) is 2.87. The molecule has 0 amide bonds. The summed E-state index contributed by atoms with van der Waals surface area (Å²) >= 11 is 0. The monoisotopic (exact) mass is 293 g/mol. The van der Waals surface area contributed by atoms with Gasteiger partial charge in [-0.3, -0.25) is 4.90 Å². The van der Waals surface area contributed by atoms with Crippen molar-refractivity contribution in [1.82, 2.24) is 4.90 Å². The minimum atomic E-state index is -1.46. The van der Waals surface area contributed by atoms with Gasteiger partial charge in [-0.2, -0.15) is 0 Å². The molecule has 1 saturated heterocycles. The zero-order valence-corrected chi connectivity index (χ0v) is 12.8. The van der Waals surface area contributed by atoms with Crippen LogP contribution in [0.4, 0.5) is 0 Å². The predicted octanol–water partition coefficient (Wildman–Crippen LogP) is 0.376. The molecular weight excluding hydrogens is 269 g/mol. The molecule has 21 heavy (non-hydrogen) atoms. The minimum Gasteiger partial charge on any atom is -0.497 e. The van der Waals surface area contributed by atoms with E-state index < -0.39 is 7.12 Å². The quantitative estimate of drug-likeness (QED) is 0.742. The van der Waals surface area contributed by atoms with Gasteiger partial charge in [-0.1, -0.05) is 6.07 Å². The van der Waals surface area contributed by atoms with Crippen LogP contribution in [0.5, 0.6) is 5.75 Å². The third-order valence-corrected chi connectivity index (χ3v) is 3.89. The van der Waals surface area contributed by atoms with Crippen LogP contribution in [0.2, 0.25) is 0 Å². The van der Waals surface area contributed by atoms with Gasteiger partial charge in [0.05, 0.1) is 13.2 Å². The van der Waals surface area contributed by atoms with E-state index >= 15 is 0 Å². The van der Waals surface area contributed by atoms with Gasteiger partial charge in [-0.15, -0.1) is 0 Å². The molecule has 1 aliphatic heterocycles. The van der Waals surface area contributed by atoms with Crippen molar-refractivity contribution in [3.8, 4) is 5.75 Å². The van der Waals surface area contributed by atoms with E-state index in [1.54, 1.807) is 19.2 Å². The molecule has 116 valence electrons. The lowest BCUT2D eigenvalue weighted by molar-refractivity contribution is 0.00368. The maximum Gasteiger partial charge on any atom is 0.488 e. The third kappa shape index (κ3) is 4.44. The Bertz CT molecular complexity index is 453. The Kier molecular flexibility index (Phi) is 6.05. The number of hydrogen-bond acceptors (Lipinski definition) is 5. The van der Waals surface area contributed by atoms with Gasteiger partial charge in [-0.25, -0.2) is 0 Å². The molecule has 2 N–H and O–H groups in total. The molecule has 1 aromatic carbocycles. The average molecular weight is 293 g/mol. The van der Waals surface area contributed by atoms with Crippen LogP contribution in [-0.2, 0) is 11.3 Å². The van der Waals surface area contributed by atoms with E-state index in [2.05, 4.69) is 4.90 Å². The summed E-state index contributed by atoms with van der Waals surface area (Å²) in [7, 11) is 0.151. The van der Waals surface area contributed by atoms with E-state index in [1.807, 2.05) is 13.0 Å². The number of piperidine rings is 1. The molecule has 2 rings (SSSR count). The lowest BCUT2D eigenvalue weighted by Crippen LogP contribution is -2.41. The molecule has 1 unspecified atom stereocenters. The molecule has 6 heteroatoms. The molecule has 0 radical (unpaired) electrons. The Morgan fingerprint density at radius 2 is 2.19 bits per heavy atom. The SMILES string of the molecule is CCOC1CCCN(Cc2cc(OC)ccc2B(O)O)C1. The molecule has 1 aromatic rings. The van der Waals surface area contributed by atoms with Gasteiger partial charge in [-0.05, 0) is 49.5 Å². The molecule has 0 spiro atoms. The zero-order chi connectivity index (χ0) is 15.2. The molecule has 0 saturated carbocycles. The normalized spacial score (nSPS) is 19.5. The first-order valence-electron chi connectivity index (χ1n) is 7.51. The maximum absolute atomic E-state index is 9.51. The van der Waals surface area contributed by atoms with Gasteiger partial charge >= 0.3 is 7.12 Å². The van der Waals surface area contributed by atoms with Crippen molar-refractivity contribution in [2.45, 2.75) is 32.4 Å². The summed E-state index contributed by atoms with van der Waals surface area (Å²) < 4.78 is 10.9. The van der Waals surface area contributed by atoms with Crippen LogP contribution in [0.15, 0.2) is 18.2 Å². The summed E-state index contributed by atoms with van der Waals surface area (Å²) in [4.78, 5) is 2.30. The molecule has 1 heterocycles. The second-order valence-electron chi connectivity index (χ2n) is 5.39. The van der Waals surface area contributed by atoms with Crippen molar-refractivity contribution >= 4 is 12.6 Å². The number of hydrogen-bond donors (Lipinski definition) is 2. The van der Waals surface area contributed by atoms with Gasteiger partial charge in [0, 0.05) is 19.7 Å². The van der Waals surface area contributed by atoms with E-state index in [9.17, 15) is 10.0 Å². The predicted molar refractivity (Wildman–Crippen MR) is 82.7 cm³/mol. The van der Waals surface area contributed by atoms with E-state index in [0.717, 1.165) is 43.9 Å². The number of likely N-dealkylation sites (tertiary alicyclic amines) is 1. The highest BCUT2D eigenvalue weighted by molar-refractivity contribution is 6.59. The van der Waals surface area contributed by atoms with Crippen molar-refractivity contribution < 1.29 is 19.5 Å². The van der Waals surface area contributed by atoms with Gasteiger partial charge < -0.3 is 19.5 Å². The number of methoxy groups -OCH3 is 1. The fourth-order valence-electron chi connectivity index (χ4n) is 2.87. The lowest BCUT2D eigenvalue weighted by atomic mass is 9.76. The summed E-state index contributed by atoms with van der Waals surface area (Å²) in [6.45, 7) is 5.31. The van der Waals surface area contributed by atoms with Gasteiger partial charge in [0.1, 0.15) is 5.75 Å². The molecule has 0 aromatic heterocycles. The van der Waals surface area contributed by atoms with Crippen LogP contribution in [0.1, 0.15) is 25.3 Å². The largest absolute Gasteiger partial charge is 0.497 e. The number of rotatable bonds is 6. The van der Waals surface area contributed by atoms with Crippen LogP contribution in [0.25, 0.3) is 0 Å². The van der Waals surface area contributed by atoms with Crippen LogP contribution in [-0.4, -0.2) is 55.0 Å². The Labute approximate surface area is 126 Å². The highest BCUT2D eigenvalue weighted by atomic mass is 16.5. The van der Waals surface area contributed by atoms with Gasteiger partial charge in [0.25, 0.3) is 0 Å². The molecule has 1 fully saturated rings. The summed E-state index contributed by atoms with van der Waals surface area (Å²) in [5.41, 5.74) is 1.43. The minimum absolute atomic E-state index is 0.275. The van der Waals surface area contributed by atoms with Gasteiger partial charge in [0.2, 0.25) is 0 Å². The molecule has 0 aliphatic carbocycles. The molecule has 5 nitrogen and oxygen atoms in total. The third-order valence-electron chi connectivity index (χ3n) is 3.89. The maximum atomic E-state index is 9.51. The second kappa shape index (κ2) is 7.80. The number of benzene rings is 1. The van der Waals surface area contributed by atoms with Crippen molar-refractivity contribution in [1.29, 1.82) is 0 Å². The standard InChI is InChI=1S/C15H24BNO4/c1-3-21-14-5-4-8-17(11-14)10-12-9-13(20-2)6-7-15(12)16(18)19/h6-7,9,14,18-19H,3-5,8,10-11H2,1-2H3. The summed E-state index contributed by atoms with van der Waals surface area (Å²) in [6.07, 6.45) is 2.47. The molecular formula is C15H24BNO4. The van der Waals surface area contributed by atoms with E-state index in [-0.39, 0.29) is 6.10 Å². The molecule has 0 bridgehead atoms. The van der Waals surface area contributed by atoms with Crippen molar-refractivity contribution in [3.63, 3.8) is 0 Å². The lowest BCUT2D eigenvalue weighted by Gasteiger charge is -2.33. The van der Waals surface area contributed by atoms with Crippen molar-refractivity contribution in [2.75, 3.05) is 26.8 Å². The Balaban J connectivity index is 2.10. The average Bonchev–Trinajstić information content (AvgIpc) is 2.47. The topological polar surface area (TPSA) is 62.2 Å². The molecule has 1 aliphatic rings. The Morgan fingerprint density at radius 3 is 2.86 bits per heavy atom. The van der Waals surface area contributed by atoms with E-state index in [4.69, 9.17) is 9.47 Å². The van der Waals surface area contributed by atoms with Crippen LogP contribution in [0.3, 0.4) is 0 Å². The summed E-state index contributed by atoms with van der Waals surface area (Å²) in [5, 5.41) is 19.0. The number of ether oxygens (including phenoxy) is 2. The van der Waals surface area contributed by atoms with Crippen LogP contribution in [0, 0.1) is 0 Å². The Hall–Kier alpha value is -1.08. The molecule has 1 atom stereocenters. The first-order chi connectivity index (χ1) is 10.1. The zero-order valence-electron chi connectivity index (χ0n) is 12.8. The van der Waals surface area contributed by atoms with Crippen LogP contribution >= 0.6 is 0 Å².